The van der Waals surface area contributed by atoms with Crippen molar-refractivity contribution in [3.8, 4) is 0 Å². The lowest BCUT2D eigenvalue weighted by atomic mass is 9.75. The Hall–Kier alpha value is -2.10. The smallest absolute Gasteiger partial charge is 0.121 e. The summed E-state index contributed by atoms with van der Waals surface area (Å²) >= 11 is 0. The monoisotopic (exact) mass is 337 g/mol. The molecule has 2 aromatic carbocycles. The minimum Gasteiger partial charge on any atom is -0.380 e. The van der Waals surface area contributed by atoms with Crippen LogP contribution in [-0.4, -0.2) is 36.3 Å². The summed E-state index contributed by atoms with van der Waals surface area (Å²) in [5.74, 6) is -0.0138. The zero-order valence-electron chi connectivity index (χ0n) is 14.8. The van der Waals surface area contributed by atoms with Gasteiger partial charge in [-0.25, -0.2) is 0 Å². The summed E-state index contributed by atoms with van der Waals surface area (Å²) in [5, 5.41) is 11.8. The first-order valence-electron chi connectivity index (χ1n) is 9.08. The number of benzene rings is 2. The maximum Gasteiger partial charge on any atom is 0.121 e. The maximum absolute atomic E-state index is 11.8. The van der Waals surface area contributed by atoms with Crippen LogP contribution in [0, 0.1) is 5.92 Å². The van der Waals surface area contributed by atoms with Gasteiger partial charge in [0.25, 0.3) is 0 Å². The highest BCUT2D eigenvalue weighted by Gasteiger charge is 2.37. The van der Waals surface area contributed by atoms with Gasteiger partial charge in [0, 0.05) is 19.0 Å². The van der Waals surface area contributed by atoms with E-state index in [0.717, 1.165) is 43.9 Å². The molecule has 0 spiro atoms. The number of hydrogen-bond donors (Lipinski definition) is 1. The average molecular weight is 337 g/mol. The Morgan fingerprint density at radius 2 is 1.52 bits per heavy atom. The molecule has 1 aliphatic rings. The Balaban J connectivity index is 1.96. The van der Waals surface area contributed by atoms with E-state index in [1.165, 1.54) is 0 Å². The third kappa shape index (κ3) is 3.94. The van der Waals surface area contributed by atoms with Crippen LogP contribution in [0.2, 0.25) is 0 Å². The van der Waals surface area contributed by atoms with Gasteiger partial charge in [0.1, 0.15) is 5.60 Å². The van der Waals surface area contributed by atoms with Crippen LogP contribution < -0.4 is 0 Å². The quantitative estimate of drug-likeness (QED) is 0.870. The van der Waals surface area contributed by atoms with E-state index in [0.29, 0.717) is 0 Å². The van der Waals surface area contributed by atoms with Crippen molar-refractivity contribution in [3.63, 3.8) is 0 Å². The Morgan fingerprint density at radius 1 is 1.00 bits per heavy atom. The van der Waals surface area contributed by atoms with Crippen molar-refractivity contribution < 1.29 is 9.84 Å². The van der Waals surface area contributed by atoms with E-state index in [-0.39, 0.29) is 5.92 Å². The molecule has 1 N–H and O–H groups in total. The molecule has 0 radical (unpaired) electrons. The average Bonchev–Trinajstić information content (AvgIpc) is 2.70. The number of nitrogens with zero attached hydrogens (tertiary/aromatic N) is 1. The second-order valence-electron chi connectivity index (χ2n) is 6.50. The largest absolute Gasteiger partial charge is 0.380 e. The minimum atomic E-state index is -1.04. The van der Waals surface area contributed by atoms with Crippen LogP contribution in [0.25, 0.3) is 0 Å². The molecule has 1 atom stereocenters. The van der Waals surface area contributed by atoms with Gasteiger partial charge in [-0.05, 0) is 23.7 Å². The fourth-order valence-corrected chi connectivity index (χ4v) is 3.50. The summed E-state index contributed by atoms with van der Waals surface area (Å²) in [5.41, 5.74) is 0.819. The second kappa shape index (κ2) is 8.32. The third-order valence-electron chi connectivity index (χ3n) is 4.98. The Bertz CT molecular complexity index is 623. The highest BCUT2D eigenvalue weighted by molar-refractivity contribution is 5.38. The van der Waals surface area contributed by atoms with E-state index in [4.69, 9.17) is 4.74 Å². The Morgan fingerprint density at radius 3 is 2.00 bits per heavy atom. The van der Waals surface area contributed by atoms with Crippen LogP contribution in [0.1, 0.15) is 24.5 Å². The predicted octanol–water partition coefficient (Wildman–Crippen LogP) is 3.79. The van der Waals surface area contributed by atoms with Gasteiger partial charge in [-0.15, -0.1) is 0 Å². The van der Waals surface area contributed by atoms with Crippen LogP contribution in [0.15, 0.2) is 72.9 Å². The van der Waals surface area contributed by atoms with Crippen LogP contribution in [0.3, 0.4) is 0 Å². The maximum atomic E-state index is 11.8. The molecule has 3 rings (SSSR count). The molecule has 2 aromatic rings. The topological polar surface area (TPSA) is 32.7 Å². The molecule has 0 amide bonds. The summed E-state index contributed by atoms with van der Waals surface area (Å²) in [6, 6.07) is 20.0. The van der Waals surface area contributed by atoms with Gasteiger partial charge < -0.3 is 14.7 Å². The molecule has 132 valence electrons. The summed E-state index contributed by atoms with van der Waals surface area (Å²) in [6.07, 6.45) is 5.14. The molecule has 0 aliphatic carbocycles. The summed E-state index contributed by atoms with van der Waals surface area (Å²) < 4.78 is 5.41. The molecule has 0 bridgehead atoms. The molecule has 3 heteroatoms. The van der Waals surface area contributed by atoms with Gasteiger partial charge in [0.05, 0.1) is 13.2 Å². The van der Waals surface area contributed by atoms with Crippen molar-refractivity contribution in [2.24, 2.45) is 5.92 Å². The van der Waals surface area contributed by atoms with Crippen LogP contribution >= 0.6 is 0 Å². The third-order valence-corrected chi connectivity index (χ3v) is 4.98. The van der Waals surface area contributed by atoms with Crippen molar-refractivity contribution in [2.75, 3.05) is 26.3 Å². The molecule has 25 heavy (non-hydrogen) atoms. The van der Waals surface area contributed by atoms with Crippen molar-refractivity contribution >= 4 is 0 Å². The Kier molecular flexibility index (Phi) is 5.90. The van der Waals surface area contributed by atoms with Gasteiger partial charge in [-0.3, -0.25) is 0 Å². The van der Waals surface area contributed by atoms with E-state index in [2.05, 4.69) is 24.1 Å². The van der Waals surface area contributed by atoms with Gasteiger partial charge in [0.15, 0.2) is 0 Å². The lowest BCUT2D eigenvalue weighted by Crippen LogP contribution is -2.36. The second-order valence-corrected chi connectivity index (χ2v) is 6.50. The lowest BCUT2D eigenvalue weighted by Gasteiger charge is -2.36. The van der Waals surface area contributed by atoms with E-state index in [1.54, 1.807) is 0 Å². The molecule has 3 nitrogen and oxygen atoms in total. The van der Waals surface area contributed by atoms with Gasteiger partial charge in [0.2, 0.25) is 0 Å². The SMILES string of the molecule is CCC(/C=C/N1CCOCC1)C(O)(c1ccccc1)c1ccccc1. The number of hydrogen-bond acceptors (Lipinski definition) is 3. The number of aliphatic hydroxyl groups is 1. The molecule has 1 fully saturated rings. The lowest BCUT2D eigenvalue weighted by molar-refractivity contribution is 0.0325. The Labute approximate surface area is 150 Å². The van der Waals surface area contributed by atoms with E-state index in [1.807, 2.05) is 60.7 Å². The van der Waals surface area contributed by atoms with Crippen LogP contribution in [0.5, 0.6) is 0 Å². The standard InChI is InChI=1S/C22H27NO2/c1-2-19(13-14-23-15-17-25-18-16-23)22(24,20-9-5-3-6-10-20)21-11-7-4-8-12-21/h3-14,19,24H,2,15-18H2,1H3/b14-13+. The van der Waals surface area contributed by atoms with Gasteiger partial charge in [-0.2, -0.15) is 0 Å². The molecule has 1 heterocycles. The number of morpholine rings is 1. The highest BCUT2D eigenvalue weighted by Crippen LogP contribution is 2.39. The molecule has 1 aliphatic heterocycles. The normalized spacial score (nSPS) is 17.0. The fourth-order valence-electron chi connectivity index (χ4n) is 3.50. The summed E-state index contributed by atoms with van der Waals surface area (Å²) in [4.78, 5) is 2.27. The molecular formula is C22H27NO2. The van der Waals surface area contributed by atoms with Crippen molar-refractivity contribution in [1.29, 1.82) is 0 Å². The first-order chi connectivity index (χ1) is 12.2. The first kappa shape index (κ1) is 17.7. The van der Waals surface area contributed by atoms with Gasteiger partial charge >= 0.3 is 0 Å². The van der Waals surface area contributed by atoms with Crippen LogP contribution in [-0.2, 0) is 10.3 Å². The molecular weight excluding hydrogens is 310 g/mol. The van der Waals surface area contributed by atoms with E-state index in [9.17, 15) is 5.11 Å². The van der Waals surface area contributed by atoms with Crippen LogP contribution in [0.4, 0.5) is 0 Å². The predicted molar refractivity (Wildman–Crippen MR) is 101 cm³/mol. The first-order valence-corrected chi connectivity index (χ1v) is 9.08. The van der Waals surface area contributed by atoms with E-state index < -0.39 is 5.60 Å². The molecule has 0 saturated carbocycles. The fraction of sp³-hybridized carbons (Fsp3) is 0.364. The van der Waals surface area contributed by atoms with Gasteiger partial charge in [-0.1, -0.05) is 73.7 Å². The zero-order chi connectivity index (χ0) is 17.5. The number of ether oxygens (including phenoxy) is 1. The summed E-state index contributed by atoms with van der Waals surface area (Å²) in [6.45, 7) is 5.47. The van der Waals surface area contributed by atoms with Crippen molar-refractivity contribution in [3.05, 3.63) is 84.1 Å². The highest BCUT2D eigenvalue weighted by atomic mass is 16.5. The van der Waals surface area contributed by atoms with Crippen molar-refractivity contribution in [2.45, 2.75) is 18.9 Å². The summed E-state index contributed by atoms with van der Waals surface area (Å²) in [7, 11) is 0. The number of rotatable bonds is 6. The zero-order valence-corrected chi connectivity index (χ0v) is 14.8. The molecule has 1 unspecified atom stereocenters. The minimum absolute atomic E-state index is 0.0138. The molecule has 0 aromatic heterocycles. The van der Waals surface area contributed by atoms with Crippen molar-refractivity contribution in [1.82, 2.24) is 4.90 Å². The molecule has 1 saturated heterocycles. The van der Waals surface area contributed by atoms with E-state index >= 15 is 0 Å².